The first-order valence-corrected chi connectivity index (χ1v) is 7.40. The summed E-state index contributed by atoms with van der Waals surface area (Å²) in [6.45, 7) is 3.97. The fourth-order valence-electron chi connectivity index (χ4n) is 2.93. The molecule has 3 rings (SSSR count). The van der Waals surface area contributed by atoms with Crippen LogP contribution in [-0.2, 0) is 0 Å². The minimum atomic E-state index is -0.402. The summed E-state index contributed by atoms with van der Waals surface area (Å²) in [7, 11) is 0. The van der Waals surface area contributed by atoms with E-state index in [0.29, 0.717) is 23.4 Å². The monoisotopic (exact) mass is 314 g/mol. The van der Waals surface area contributed by atoms with Gasteiger partial charge < -0.3 is 9.94 Å². The van der Waals surface area contributed by atoms with Crippen LogP contribution in [0.3, 0.4) is 0 Å². The smallest absolute Gasteiger partial charge is 0.286 e. The molecule has 22 heavy (non-hydrogen) atoms. The molecule has 112 valence electrons. The number of benzene rings is 1. The molecule has 1 unspecified atom stereocenters. The molecule has 4 nitrogen and oxygen atoms in total. The lowest BCUT2D eigenvalue weighted by Crippen LogP contribution is -2.41. The molecule has 1 aromatic carbocycles. The zero-order valence-electron chi connectivity index (χ0n) is 12.3. The van der Waals surface area contributed by atoms with Gasteiger partial charge in [-0.1, -0.05) is 0 Å². The van der Waals surface area contributed by atoms with Crippen LogP contribution in [0.2, 0.25) is 5.15 Å². The van der Waals surface area contributed by atoms with Crippen molar-refractivity contribution in [3.05, 3.63) is 63.6 Å². The van der Waals surface area contributed by atoms with Crippen molar-refractivity contribution in [1.29, 1.82) is 5.26 Å². The van der Waals surface area contributed by atoms with Crippen molar-refractivity contribution >= 4 is 11.6 Å². The average molecular weight is 315 g/mol. The van der Waals surface area contributed by atoms with Gasteiger partial charge in [0.05, 0.1) is 17.6 Å². The van der Waals surface area contributed by atoms with Crippen molar-refractivity contribution in [3.63, 3.8) is 0 Å². The Balaban J connectivity index is 2.20. The highest BCUT2D eigenvalue weighted by atomic mass is 35.5. The predicted octanol–water partition coefficient (Wildman–Crippen LogP) is 3.54. The van der Waals surface area contributed by atoms with Gasteiger partial charge in [-0.3, -0.25) is 0 Å². The molecule has 5 heteroatoms. The first-order valence-electron chi connectivity index (χ1n) is 7.02. The van der Waals surface area contributed by atoms with E-state index in [1.54, 1.807) is 36.4 Å². The number of pyridine rings is 1. The normalized spacial score (nSPS) is 18.9. The maximum Gasteiger partial charge on any atom is 0.286 e. The number of hydrogen-bond donors (Lipinski definition) is 0. The molecule has 2 aromatic rings. The molecule has 0 aliphatic carbocycles. The molecule has 0 radical (unpaired) electrons. The van der Waals surface area contributed by atoms with Crippen molar-refractivity contribution < 1.29 is 9.47 Å². The van der Waals surface area contributed by atoms with Crippen LogP contribution in [0.5, 0.6) is 5.75 Å². The summed E-state index contributed by atoms with van der Waals surface area (Å²) in [4.78, 5) is 0. The molecule has 0 saturated heterocycles. The molecule has 0 fully saturated rings. The highest BCUT2D eigenvalue weighted by molar-refractivity contribution is 6.28. The van der Waals surface area contributed by atoms with E-state index in [1.165, 1.54) is 0 Å². The lowest BCUT2D eigenvalue weighted by Gasteiger charge is -2.36. The van der Waals surface area contributed by atoms with Crippen molar-refractivity contribution in [2.45, 2.75) is 31.8 Å². The Kier molecular flexibility index (Phi) is 3.46. The topological polar surface area (TPSA) is 60.0 Å². The zero-order valence-corrected chi connectivity index (χ0v) is 13.1. The summed E-state index contributed by atoms with van der Waals surface area (Å²) in [5.41, 5.74) is 1.57. The molecule has 1 aliphatic heterocycles. The lowest BCUT2D eigenvalue weighted by atomic mass is 9.81. The SMILES string of the molecule is CC1(C)CC(c2cccc(Cl)[n+]2[O-])c2cc(C#N)ccc2O1. The van der Waals surface area contributed by atoms with E-state index in [4.69, 9.17) is 21.6 Å². The molecule has 1 aliphatic rings. The van der Waals surface area contributed by atoms with Crippen molar-refractivity contribution in [2.75, 3.05) is 0 Å². The highest BCUT2D eigenvalue weighted by Crippen LogP contribution is 2.43. The largest absolute Gasteiger partial charge is 0.617 e. The highest BCUT2D eigenvalue weighted by Gasteiger charge is 2.38. The summed E-state index contributed by atoms with van der Waals surface area (Å²) in [5, 5.41) is 21.6. The summed E-state index contributed by atoms with van der Waals surface area (Å²) >= 11 is 5.96. The van der Waals surface area contributed by atoms with Crippen LogP contribution in [0, 0.1) is 16.5 Å². The minimum absolute atomic E-state index is 0.139. The van der Waals surface area contributed by atoms with Gasteiger partial charge in [0.25, 0.3) is 5.15 Å². The Bertz CT molecular complexity index is 781. The van der Waals surface area contributed by atoms with Crippen molar-refractivity contribution in [3.8, 4) is 11.8 Å². The number of nitriles is 1. The third kappa shape index (κ3) is 2.49. The van der Waals surface area contributed by atoms with Gasteiger partial charge in [0, 0.05) is 24.1 Å². The molecule has 0 spiro atoms. The summed E-state index contributed by atoms with van der Waals surface area (Å²) in [5.74, 6) is 0.545. The van der Waals surface area contributed by atoms with E-state index in [2.05, 4.69) is 6.07 Å². The molecule has 1 aromatic heterocycles. The van der Waals surface area contributed by atoms with Gasteiger partial charge in [-0.2, -0.15) is 9.99 Å². The van der Waals surface area contributed by atoms with Crippen molar-refractivity contribution in [1.82, 2.24) is 0 Å². The van der Waals surface area contributed by atoms with Gasteiger partial charge in [0.15, 0.2) is 0 Å². The van der Waals surface area contributed by atoms with E-state index in [9.17, 15) is 5.21 Å². The number of hydrogen-bond acceptors (Lipinski definition) is 3. The van der Waals surface area contributed by atoms with Crippen LogP contribution in [0.15, 0.2) is 36.4 Å². The van der Waals surface area contributed by atoms with Gasteiger partial charge in [0.2, 0.25) is 5.69 Å². The molecular weight excluding hydrogens is 300 g/mol. The molecule has 0 N–H and O–H groups in total. The summed E-state index contributed by atoms with van der Waals surface area (Å²) < 4.78 is 6.73. The molecule has 0 saturated carbocycles. The van der Waals surface area contributed by atoms with Crippen LogP contribution in [0.25, 0.3) is 0 Å². The summed E-state index contributed by atoms with van der Waals surface area (Å²) in [6, 6.07) is 12.5. The Morgan fingerprint density at radius 2 is 2.14 bits per heavy atom. The molecule has 0 bridgehead atoms. The lowest BCUT2D eigenvalue weighted by molar-refractivity contribution is -0.613. The Labute approximate surface area is 134 Å². The fourth-order valence-corrected chi connectivity index (χ4v) is 3.10. The number of nitrogens with zero attached hydrogens (tertiary/aromatic N) is 2. The number of ether oxygens (including phenoxy) is 1. The van der Waals surface area contributed by atoms with E-state index >= 15 is 0 Å². The third-order valence-electron chi connectivity index (χ3n) is 3.88. The van der Waals surface area contributed by atoms with Crippen LogP contribution < -0.4 is 9.47 Å². The van der Waals surface area contributed by atoms with Gasteiger partial charge in [0.1, 0.15) is 11.4 Å². The van der Waals surface area contributed by atoms with Gasteiger partial charge in [-0.05, 0) is 49.7 Å². The van der Waals surface area contributed by atoms with E-state index < -0.39 is 5.60 Å². The minimum Gasteiger partial charge on any atom is -0.617 e. The third-order valence-corrected chi connectivity index (χ3v) is 4.16. The number of rotatable bonds is 1. The molecule has 0 amide bonds. The van der Waals surface area contributed by atoms with Gasteiger partial charge in [-0.15, -0.1) is 0 Å². The van der Waals surface area contributed by atoms with Crippen LogP contribution in [-0.4, -0.2) is 5.60 Å². The predicted molar refractivity (Wildman–Crippen MR) is 82.7 cm³/mol. The van der Waals surface area contributed by atoms with E-state index in [-0.39, 0.29) is 11.1 Å². The zero-order chi connectivity index (χ0) is 15.9. The van der Waals surface area contributed by atoms with Crippen LogP contribution in [0.4, 0.5) is 0 Å². The maximum absolute atomic E-state index is 12.3. The first-order chi connectivity index (χ1) is 10.4. The second kappa shape index (κ2) is 5.19. The maximum atomic E-state index is 12.3. The second-order valence-electron chi connectivity index (χ2n) is 6.05. The van der Waals surface area contributed by atoms with Gasteiger partial charge >= 0.3 is 0 Å². The first kappa shape index (κ1) is 14.7. The fraction of sp³-hybridized carbons (Fsp3) is 0.294. The standard InChI is InChI=1S/C17H15ClN2O2/c1-17(2)9-13(14-4-3-5-16(18)20(14)21)12-8-11(10-19)6-7-15(12)22-17/h3-8,13H,9H2,1-2H3. The van der Waals surface area contributed by atoms with Crippen LogP contribution in [0.1, 0.15) is 43.0 Å². The molecule has 2 heterocycles. The quantitative estimate of drug-likeness (QED) is 0.459. The Morgan fingerprint density at radius 3 is 2.86 bits per heavy atom. The van der Waals surface area contributed by atoms with E-state index in [0.717, 1.165) is 10.3 Å². The van der Waals surface area contributed by atoms with E-state index in [1.807, 2.05) is 13.8 Å². The Morgan fingerprint density at radius 1 is 1.36 bits per heavy atom. The van der Waals surface area contributed by atoms with Gasteiger partial charge in [-0.25, -0.2) is 0 Å². The number of aromatic nitrogens is 1. The second-order valence-corrected chi connectivity index (χ2v) is 6.44. The van der Waals surface area contributed by atoms with Crippen LogP contribution >= 0.6 is 11.6 Å². The average Bonchev–Trinajstić information content (AvgIpc) is 2.48. The Hall–Kier alpha value is -2.25. The summed E-state index contributed by atoms with van der Waals surface area (Å²) in [6.07, 6.45) is 0.636. The number of halogens is 1. The van der Waals surface area contributed by atoms with Crippen molar-refractivity contribution in [2.24, 2.45) is 0 Å². The molecule has 1 atom stereocenters. The molecular formula is C17H15ClN2O2. The number of fused-ring (bicyclic) bond motifs is 1.